The van der Waals surface area contributed by atoms with Gasteiger partial charge < -0.3 is 9.47 Å². The van der Waals surface area contributed by atoms with Crippen LogP contribution in [0.3, 0.4) is 0 Å². The van der Waals surface area contributed by atoms with E-state index in [1.54, 1.807) is 11.0 Å². The highest BCUT2D eigenvalue weighted by atomic mass is 32.2. The molecule has 3 aromatic rings. The summed E-state index contributed by atoms with van der Waals surface area (Å²) in [6.07, 6.45) is 5.49. The Morgan fingerprint density at radius 3 is 2.07 bits per heavy atom. The molecule has 1 aromatic heterocycles. The molecule has 0 spiro atoms. The van der Waals surface area contributed by atoms with Gasteiger partial charge in [0.15, 0.2) is 0 Å². The molecule has 1 aliphatic heterocycles. The van der Waals surface area contributed by atoms with Crippen LogP contribution in [-0.2, 0) is 10.0 Å². The summed E-state index contributed by atoms with van der Waals surface area (Å²) >= 11 is 0. The van der Waals surface area contributed by atoms with Gasteiger partial charge in [-0.15, -0.1) is 0 Å². The van der Waals surface area contributed by atoms with Gasteiger partial charge in [-0.05, 0) is 48.0 Å². The summed E-state index contributed by atoms with van der Waals surface area (Å²) < 4.78 is 28.6. The van der Waals surface area contributed by atoms with Gasteiger partial charge in [-0.25, -0.2) is 8.42 Å². The minimum atomic E-state index is -3.51. The van der Waals surface area contributed by atoms with Crippen molar-refractivity contribution in [2.45, 2.75) is 0 Å². The lowest BCUT2D eigenvalue weighted by Crippen LogP contribution is -2.50. The molecule has 0 N–H and O–H groups in total. The van der Waals surface area contributed by atoms with Crippen molar-refractivity contribution in [2.24, 2.45) is 0 Å². The van der Waals surface area contributed by atoms with Gasteiger partial charge >= 0.3 is 0 Å². The van der Waals surface area contributed by atoms with Gasteiger partial charge in [0.2, 0.25) is 10.0 Å². The Hall–Kier alpha value is -3.16. The van der Waals surface area contributed by atoms with Gasteiger partial charge in [0.05, 0.1) is 0 Å². The molecule has 1 fully saturated rings. The fourth-order valence-electron chi connectivity index (χ4n) is 3.43. The number of benzene rings is 2. The number of sulfonamides is 1. The van der Waals surface area contributed by atoms with Crippen molar-refractivity contribution in [2.75, 3.05) is 26.2 Å². The Kier molecular flexibility index (Phi) is 5.83. The first kappa shape index (κ1) is 20.1. The van der Waals surface area contributed by atoms with Crippen molar-refractivity contribution in [3.63, 3.8) is 0 Å². The second-order valence-electron chi connectivity index (χ2n) is 7.09. The Balaban J connectivity index is 1.37. The van der Waals surface area contributed by atoms with Crippen molar-refractivity contribution in [1.29, 1.82) is 0 Å². The Labute approximate surface area is 176 Å². The van der Waals surface area contributed by atoms with E-state index in [1.807, 2.05) is 83.7 Å². The molecule has 0 atom stereocenters. The van der Waals surface area contributed by atoms with Gasteiger partial charge in [0, 0.05) is 55.2 Å². The maximum absolute atomic E-state index is 12.8. The van der Waals surface area contributed by atoms with Crippen molar-refractivity contribution in [3.8, 4) is 5.69 Å². The van der Waals surface area contributed by atoms with Gasteiger partial charge in [0.1, 0.15) is 0 Å². The lowest BCUT2D eigenvalue weighted by molar-refractivity contribution is 0.0698. The van der Waals surface area contributed by atoms with E-state index in [2.05, 4.69) is 0 Å². The molecule has 30 heavy (non-hydrogen) atoms. The number of rotatable bonds is 5. The molecule has 1 amide bonds. The molecular formula is C23H23N3O3S. The van der Waals surface area contributed by atoms with Crippen molar-refractivity contribution < 1.29 is 13.2 Å². The second kappa shape index (κ2) is 8.69. The first-order valence-electron chi connectivity index (χ1n) is 9.79. The maximum Gasteiger partial charge on any atom is 0.253 e. The van der Waals surface area contributed by atoms with Crippen molar-refractivity contribution in [1.82, 2.24) is 13.8 Å². The van der Waals surface area contributed by atoms with E-state index in [0.717, 1.165) is 11.3 Å². The molecule has 0 aliphatic carbocycles. The van der Waals surface area contributed by atoms with Crippen LogP contribution in [0, 0.1) is 0 Å². The Morgan fingerprint density at radius 2 is 1.43 bits per heavy atom. The largest absolute Gasteiger partial charge is 0.336 e. The number of hydrogen-bond acceptors (Lipinski definition) is 3. The summed E-state index contributed by atoms with van der Waals surface area (Å²) in [7, 11) is -3.51. The molecule has 6 nitrogen and oxygen atoms in total. The van der Waals surface area contributed by atoms with E-state index in [0.29, 0.717) is 18.7 Å². The van der Waals surface area contributed by atoms with Crippen molar-refractivity contribution >= 4 is 22.0 Å². The van der Waals surface area contributed by atoms with Gasteiger partial charge in [0.25, 0.3) is 5.91 Å². The minimum Gasteiger partial charge on any atom is -0.336 e. The third kappa shape index (κ3) is 4.53. The molecular weight excluding hydrogens is 398 g/mol. The molecule has 0 unspecified atom stereocenters. The van der Waals surface area contributed by atoms with Crippen LogP contribution in [0.15, 0.2) is 84.5 Å². The van der Waals surface area contributed by atoms with Gasteiger partial charge in [-0.1, -0.05) is 30.3 Å². The summed E-state index contributed by atoms with van der Waals surface area (Å²) in [6.45, 7) is 1.32. The van der Waals surface area contributed by atoms with Crippen LogP contribution in [0.2, 0.25) is 0 Å². The lowest BCUT2D eigenvalue weighted by atomic mass is 10.1. The highest BCUT2D eigenvalue weighted by Crippen LogP contribution is 2.16. The molecule has 154 valence electrons. The zero-order chi connectivity index (χ0) is 21.0. The quantitative estimate of drug-likeness (QED) is 0.635. The zero-order valence-corrected chi connectivity index (χ0v) is 17.3. The van der Waals surface area contributed by atoms with E-state index in [9.17, 15) is 13.2 Å². The summed E-state index contributed by atoms with van der Waals surface area (Å²) in [5.41, 5.74) is 2.42. The fourth-order valence-corrected chi connectivity index (χ4v) is 4.60. The van der Waals surface area contributed by atoms with Crippen LogP contribution < -0.4 is 0 Å². The monoisotopic (exact) mass is 421 g/mol. The Morgan fingerprint density at radius 1 is 0.800 bits per heavy atom. The average Bonchev–Trinajstić information content (AvgIpc) is 3.33. The van der Waals surface area contributed by atoms with E-state index in [-0.39, 0.29) is 19.0 Å². The molecule has 0 saturated carbocycles. The van der Waals surface area contributed by atoms with Crippen molar-refractivity contribution in [3.05, 3.63) is 95.7 Å². The van der Waals surface area contributed by atoms with E-state index in [4.69, 9.17) is 0 Å². The predicted molar refractivity (Wildman–Crippen MR) is 118 cm³/mol. The van der Waals surface area contributed by atoms with Crippen LogP contribution in [0.25, 0.3) is 11.8 Å². The summed E-state index contributed by atoms with van der Waals surface area (Å²) in [5.74, 6) is -0.0778. The SMILES string of the molecule is O=C(c1ccc(-n2cccc2)cc1)N1CCN(S(=O)(=O)C=Cc2ccccc2)CC1. The average molecular weight is 422 g/mol. The van der Waals surface area contributed by atoms with Crippen LogP contribution in [0.5, 0.6) is 0 Å². The molecule has 7 heteroatoms. The highest BCUT2D eigenvalue weighted by Gasteiger charge is 2.27. The van der Waals surface area contributed by atoms with Crippen LogP contribution in [0.1, 0.15) is 15.9 Å². The number of hydrogen-bond donors (Lipinski definition) is 0. The highest BCUT2D eigenvalue weighted by molar-refractivity contribution is 7.92. The topological polar surface area (TPSA) is 62.6 Å². The van der Waals surface area contributed by atoms with Gasteiger partial charge in [-0.2, -0.15) is 4.31 Å². The lowest BCUT2D eigenvalue weighted by Gasteiger charge is -2.33. The van der Waals surface area contributed by atoms with E-state index < -0.39 is 10.0 Å². The second-order valence-corrected chi connectivity index (χ2v) is 8.91. The molecule has 1 aliphatic rings. The number of aromatic nitrogens is 1. The minimum absolute atomic E-state index is 0.0778. The third-order valence-electron chi connectivity index (χ3n) is 5.13. The normalized spacial score (nSPS) is 15.5. The fraction of sp³-hybridized carbons (Fsp3) is 0.174. The third-order valence-corrected chi connectivity index (χ3v) is 6.70. The number of piperazine rings is 1. The van der Waals surface area contributed by atoms with Crippen LogP contribution in [0.4, 0.5) is 0 Å². The molecule has 0 radical (unpaired) electrons. The maximum atomic E-state index is 12.8. The first-order chi connectivity index (χ1) is 14.5. The van der Waals surface area contributed by atoms with Gasteiger partial charge in [-0.3, -0.25) is 4.79 Å². The van der Waals surface area contributed by atoms with Crippen LogP contribution in [-0.4, -0.2) is 54.3 Å². The standard InChI is InChI=1S/C23H23N3O3S/c27-23(21-8-10-22(11-9-21)24-13-4-5-14-24)25-15-17-26(18-16-25)30(28,29)19-12-20-6-2-1-3-7-20/h1-14,19H,15-18H2. The summed E-state index contributed by atoms with van der Waals surface area (Å²) in [5, 5.41) is 1.24. The number of nitrogens with zero attached hydrogens (tertiary/aromatic N) is 3. The summed E-state index contributed by atoms with van der Waals surface area (Å²) in [6, 6.07) is 20.6. The molecule has 2 heterocycles. The number of carbonyl (C=O) groups is 1. The molecule has 4 rings (SSSR count). The summed E-state index contributed by atoms with van der Waals surface area (Å²) in [4.78, 5) is 14.5. The zero-order valence-electron chi connectivity index (χ0n) is 16.5. The molecule has 0 bridgehead atoms. The van der Waals surface area contributed by atoms with E-state index in [1.165, 1.54) is 9.71 Å². The molecule has 1 saturated heterocycles. The predicted octanol–water partition coefficient (Wildman–Crippen LogP) is 3.24. The number of amides is 1. The van der Waals surface area contributed by atoms with E-state index >= 15 is 0 Å². The number of carbonyl (C=O) groups excluding carboxylic acids is 1. The molecule has 2 aromatic carbocycles. The smallest absolute Gasteiger partial charge is 0.253 e. The Bertz CT molecular complexity index is 1110. The first-order valence-corrected chi connectivity index (χ1v) is 11.3. The van der Waals surface area contributed by atoms with Crippen LogP contribution >= 0.6 is 0 Å².